The Bertz CT molecular complexity index is 97.1. The maximum atomic E-state index is 3.49. The molecular formula is C6H13BrN2. The Morgan fingerprint density at radius 1 is 1.56 bits per heavy atom. The third-order valence-corrected chi connectivity index (χ3v) is 2.68. The molecule has 1 fully saturated rings. The summed E-state index contributed by atoms with van der Waals surface area (Å²) in [6.07, 6.45) is 0. The number of nitrogens with one attached hydrogen (secondary N) is 1. The van der Waals surface area contributed by atoms with E-state index in [2.05, 4.69) is 39.2 Å². The Balaban J connectivity index is 2.35. The van der Waals surface area contributed by atoms with Crippen LogP contribution in [0.15, 0.2) is 0 Å². The van der Waals surface area contributed by atoms with Crippen LogP contribution in [-0.2, 0) is 0 Å². The lowest BCUT2D eigenvalue weighted by molar-refractivity contribution is 0.273. The molecule has 1 saturated heterocycles. The van der Waals surface area contributed by atoms with E-state index in [1.165, 1.54) is 0 Å². The zero-order valence-corrected chi connectivity index (χ0v) is 7.48. The monoisotopic (exact) mass is 192 g/mol. The fraction of sp³-hybridized carbons (Fsp3) is 1.00. The van der Waals surface area contributed by atoms with E-state index in [9.17, 15) is 0 Å². The van der Waals surface area contributed by atoms with Gasteiger partial charge in [-0.15, -0.1) is 0 Å². The molecule has 0 bridgehead atoms. The van der Waals surface area contributed by atoms with Gasteiger partial charge in [-0.3, -0.25) is 0 Å². The average Bonchev–Trinajstić information content (AvgIpc) is 1.80. The van der Waals surface area contributed by atoms with Crippen molar-refractivity contribution < 1.29 is 0 Å². The van der Waals surface area contributed by atoms with Crippen molar-refractivity contribution in [2.24, 2.45) is 0 Å². The van der Waals surface area contributed by atoms with Gasteiger partial charge < -0.3 is 5.32 Å². The highest BCUT2D eigenvalue weighted by Crippen LogP contribution is 2.09. The lowest BCUT2D eigenvalue weighted by Gasteiger charge is -2.32. The molecule has 1 aliphatic rings. The highest BCUT2D eigenvalue weighted by atomic mass is 79.9. The zero-order valence-electron chi connectivity index (χ0n) is 5.89. The summed E-state index contributed by atoms with van der Waals surface area (Å²) in [4.78, 5) is 0. The first-order valence-corrected chi connectivity index (χ1v) is 4.07. The van der Waals surface area contributed by atoms with Crippen molar-refractivity contribution in [2.45, 2.75) is 25.9 Å². The molecule has 3 heteroatoms. The summed E-state index contributed by atoms with van der Waals surface area (Å²) in [6, 6.07) is 1.25. The highest BCUT2D eigenvalue weighted by molar-refractivity contribution is 9.07. The van der Waals surface area contributed by atoms with Crippen molar-refractivity contribution in [1.29, 1.82) is 0 Å². The Kier molecular flexibility index (Phi) is 2.50. The van der Waals surface area contributed by atoms with Gasteiger partial charge in [0.15, 0.2) is 0 Å². The molecular weight excluding hydrogens is 180 g/mol. The molecule has 1 heterocycles. The maximum Gasteiger partial charge on any atom is 0.0302 e. The van der Waals surface area contributed by atoms with Crippen molar-refractivity contribution in [3.8, 4) is 0 Å². The maximum absolute atomic E-state index is 3.49. The van der Waals surface area contributed by atoms with Gasteiger partial charge in [-0.05, 0) is 13.8 Å². The van der Waals surface area contributed by atoms with E-state index in [4.69, 9.17) is 0 Å². The molecule has 0 aromatic rings. The van der Waals surface area contributed by atoms with Crippen LogP contribution in [0.2, 0.25) is 0 Å². The quantitative estimate of drug-likeness (QED) is 0.577. The van der Waals surface area contributed by atoms with Gasteiger partial charge in [0.25, 0.3) is 0 Å². The molecule has 0 spiro atoms. The highest BCUT2D eigenvalue weighted by Gasteiger charge is 2.19. The summed E-state index contributed by atoms with van der Waals surface area (Å²) in [5.74, 6) is 0. The largest absolute Gasteiger partial charge is 0.311 e. The summed E-state index contributed by atoms with van der Waals surface area (Å²) < 4.78 is 2.20. The van der Waals surface area contributed by atoms with Crippen LogP contribution in [0.3, 0.4) is 0 Å². The number of hydrogen-bond acceptors (Lipinski definition) is 2. The SMILES string of the molecule is C[C@H]1CN(Br)[C@@H](C)CN1. The Hall–Kier alpha value is 0.400. The smallest absolute Gasteiger partial charge is 0.0302 e. The number of halogens is 1. The first-order valence-electron chi connectivity index (χ1n) is 3.36. The van der Waals surface area contributed by atoms with E-state index >= 15 is 0 Å². The second-order valence-electron chi connectivity index (χ2n) is 2.74. The van der Waals surface area contributed by atoms with Crippen LogP contribution < -0.4 is 5.32 Å². The van der Waals surface area contributed by atoms with E-state index < -0.39 is 0 Å². The fourth-order valence-electron chi connectivity index (χ4n) is 0.977. The molecule has 0 amide bonds. The molecule has 0 aliphatic carbocycles. The molecule has 1 N–H and O–H groups in total. The summed E-state index contributed by atoms with van der Waals surface area (Å²) >= 11 is 3.49. The first kappa shape index (κ1) is 7.51. The molecule has 0 radical (unpaired) electrons. The van der Waals surface area contributed by atoms with Gasteiger partial charge >= 0.3 is 0 Å². The van der Waals surface area contributed by atoms with Gasteiger partial charge in [0.05, 0.1) is 0 Å². The topological polar surface area (TPSA) is 15.3 Å². The van der Waals surface area contributed by atoms with E-state index in [1.807, 2.05) is 0 Å². The van der Waals surface area contributed by atoms with Crippen LogP contribution in [0.5, 0.6) is 0 Å². The third-order valence-electron chi connectivity index (χ3n) is 1.69. The molecule has 2 nitrogen and oxygen atoms in total. The molecule has 9 heavy (non-hydrogen) atoms. The van der Waals surface area contributed by atoms with E-state index in [0.29, 0.717) is 12.1 Å². The van der Waals surface area contributed by atoms with Gasteiger partial charge in [0.2, 0.25) is 0 Å². The Morgan fingerprint density at radius 2 is 2.22 bits per heavy atom. The standard InChI is InChI=1S/C6H13BrN2/c1-5-4-9(7)6(2)3-8-5/h5-6,8H,3-4H2,1-2H3/t5-,6-/m0/s1. The fourth-order valence-corrected chi connectivity index (χ4v) is 1.56. The summed E-state index contributed by atoms with van der Waals surface area (Å²) in [6.45, 7) is 6.58. The van der Waals surface area contributed by atoms with Crippen LogP contribution in [-0.4, -0.2) is 29.1 Å². The summed E-state index contributed by atoms with van der Waals surface area (Å²) in [7, 11) is 0. The van der Waals surface area contributed by atoms with Gasteiger partial charge in [-0.1, -0.05) is 0 Å². The van der Waals surface area contributed by atoms with Crippen LogP contribution in [0, 0.1) is 0 Å². The van der Waals surface area contributed by atoms with Crippen molar-refractivity contribution >= 4 is 16.1 Å². The molecule has 1 aliphatic heterocycles. The molecule has 1 rings (SSSR count). The normalized spacial score (nSPS) is 39.0. The van der Waals surface area contributed by atoms with E-state index in [0.717, 1.165) is 13.1 Å². The van der Waals surface area contributed by atoms with Gasteiger partial charge in [0, 0.05) is 41.3 Å². The minimum absolute atomic E-state index is 0.626. The van der Waals surface area contributed by atoms with Gasteiger partial charge in [-0.2, -0.15) is 0 Å². The molecule has 0 unspecified atom stereocenters. The predicted octanol–water partition coefficient (Wildman–Crippen LogP) is 0.979. The van der Waals surface area contributed by atoms with Crippen LogP contribution in [0.1, 0.15) is 13.8 Å². The Labute approximate surface area is 64.9 Å². The van der Waals surface area contributed by atoms with Gasteiger partial charge in [-0.25, -0.2) is 3.93 Å². The van der Waals surface area contributed by atoms with Crippen molar-refractivity contribution in [1.82, 2.24) is 9.24 Å². The van der Waals surface area contributed by atoms with Crippen LogP contribution >= 0.6 is 16.1 Å². The second kappa shape index (κ2) is 2.99. The number of hydrogen-bond donors (Lipinski definition) is 1. The summed E-state index contributed by atoms with van der Waals surface area (Å²) in [5.41, 5.74) is 0. The third kappa shape index (κ3) is 1.92. The number of rotatable bonds is 0. The second-order valence-corrected chi connectivity index (χ2v) is 3.65. The number of piperazine rings is 1. The lowest BCUT2D eigenvalue weighted by Crippen LogP contribution is -2.50. The minimum Gasteiger partial charge on any atom is -0.311 e. The molecule has 54 valence electrons. The lowest BCUT2D eigenvalue weighted by atomic mass is 10.2. The zero-order chi connectivity index (χ0) is 6.85. The average molecular weight is 193 g/mol. The van der Waals surface area contributed by atoms with Crippen molar-refractivity contribution in [3.05, 3.63) is 0 Å². The molecule has 2 atom stereocenters. The molecule has 0 aromatic carbocycles. The van der Waals surface area contributed by atoms with Crippen molar-refractivity contribution in [3.63, 3.8) is 0 Å². The van der Waals surface area contributed by atoms with E-state index in [-0.39, 0.29) is 0 Å². The molecule has 0 aromatic heterocycles. The van der Waals surface area contributed by atoms with Gasteiger partial charge in [0.1, 0.15) is 0 Å². The van der Waals surface area contributed by atoms with Crippen molar-refractivity contribution in [2.75, 3.05) is 13.1 Å². The Morgan fingerprint density at radius 3 is 2.67 bits per heavy atom. The predicted molar refractivity (Wildman–Crippen MR) is 42.6 cm³/mol. The molecule has 0 saturated carbocycles. The van der Waals surface area contributed by atoms with E-state index in [1.54, 1.807) is 0 Å². The number of nitrogens with zero attached hydrogens (tertiary/aromatic N) is 1. The minimum atomic E-state index is 0.626. The van der Waals surface area contributed by atoms with Crippen LogP contribution in [0.25, 0.3) is 0 Å². The van der Waals surface area contributed by atoms with Crippen LogP contribution in [0.4, 0.5) is 0 Å². The summed E-state index contributed by atoms with van der Waals surface area (Å²) in [5, 5.41) is 3.39. The first-order chi connectivity index (χ1) is 4.20.